The van der Waals surface area contributed by atoms with Crippen molar-refractivity contribution >= 4 is 76.4 Å². The highest BCUT2D eigenvalue weighted by Gasteiger charge is 2.53. The van der Waals surface area contributed by atoms with Crippen LogP contribution >= 0.6 is 36.4 Å². The van der Waals surface area contributed by atoms with Crippen molar-refractivity contribution in [2.45, 2.75) is 91.1 Å². The number of anilines is 1. The van der Waals surface area contributed by atoms with Gasteiger partial charge in [0.2, 0.25) is 0 Å². The Hall–Kier alpha value is -3.58. The van der Waals surface area contributed by atoms with Crippen molar-refractivity contribution in [3.05, 3.63) is 35.7 Å². The maximum absolute atomic E-state index is 16.9. The zero-order valence-corrected chi connectivity index (χ0v) is 37.3. The maximum atomic E-state index is 16.9. The SMILES string of the molecule is COC([C@@H]1OP(=O)(SCOC(=O)C(C)(C)C)OC[C@H]2O[C@@H](n3cnc4c(=O)[nH]cnc43)[C@H](F)[C@@H]2OP(=O)(SCOC(=O)C(C)(C)C)OCC[C@@H]1F)n1cnc2c(N)ncnc21. The molecule has 2 saturated heterocycles. The number of H-pyrrole nitrogens is 1. The van der Waals surface area contributed by atoms with E-state index < -0.39 is 117 Å². The van der Waals surface area contributed by atoms with Gasteiger partial charge in [-0.15, -0.1) is 0 Å². The number of hydrogen-bond acceptors (Lipinski definition) is 21. The van der Waals surface area contributed by atoms with Crippen LogP contribution in [0, 0.1) is 10.8 Å². The molecule has 4 aromatic rings. The van der Waals surface area contributed by atoms with Crippen molar-refractivity contribution in [3.8, 4) is 0 Å². The number of rotatable bonds is 10. The molecule has 2 aliphatic heterocycles. The van der Waals surface area contributed by atoms with Crippen molar-refractivity contribution < 1.29 is 64.5 Å². The van der Waals surface area contributed by atoms with E-state index in [0.29, 0.717) is 22.8 Å². The Kier molecular flexibility index (Phi) is 14.3. The summed E-state index contributed by atoms with van der Waals surface area (Å²) in [4.78, 5) is 60.6. The lowest BCUT2D eigenvalue weighted by Crippen LogP contribution is -2.36. The van der Waals surface area contributed by atoms with Crippen LogP contribution in [-0.4, -0.2) is 114 Å². The highest BCUT2D eigenvalue weighted by molar-refractivity contribution is 8.55. The van der Waals surface area contributed by atoms with Crippen LogP contribution in [-0.2, 0) is 55.8 Å². The number of nitrogen functional groups attached to an aromatic ring is 1. The van der Waals surface area contributed by atoms with Gasteiger partial charge in [0, 0.05) is 36.3 Å². The van der Waals surface area contributed by atoms with Gasteiger partial charge in [-0.1, -0.05) is 0 Å². The summed E-state index contributed by atoms with van der Waals surface area (Å²) in [6.45, 7) is -1.38. The monoisotopic (exact) mass is 939 g/mol. The summed E-state index contributed by atoms with van der Waals surface area (Å²) in [5.74, 6) is -2.55. The van der Waals surface area contributed by atoms with Gasteiger partial charge in [-0.2, -0.15) is 0 Å². The third kappa shape index (κ3) is 10.6. The fraction of sp³-hybridized carbons (Fsp3) is 0.636. The van der Waals surface area contributed by atoms with E-state index in [1.165, 1.54) is 18.0 Å². The fourth-order valence-corrected chi connectivity index (χ4v) is 11.4. The van der Waals surface area contributed by atoms with Crippen molar-refractivity contribution in [3.63, 3.8) is 0 Å². The number of ether oxygens (including phenoxy) is 4. The zero-order valence-electron chi connectivity index (χ0n) is 33.9. The smallest absolute Gasteiger partial charge is 0.392 e. The van der Waals surface area contributed by atoms with Crippen LogP contribution < -0.4 is 11.3 Å². The molecule has 61 heavy (non-hydrogen) atoms. The largest absolute Gasteiger partial charge is 0.454 e. The van der Waals surface area contributed by atoms with Crippen LogP contribution in [0.4, 0.5) is 14.6 Å². The second-order valence-electron chi connectivity index (χ2n) is 15.6. The number of hydrogen-bond donors (Lipinski definition) is 2. The van der Waals surface area contributed by atoms with E-state index in [4.69, 9.17) is 42.8 Å². The van der Waals surface area contributed by atoms with Gasteiger partial charge in [0.15, 0.2) is 41.3 Å². The predicted octanol–water partition coefficient (Wildman–Crippen LogP) is 5.24. The molecule has 4 aromatic heterocycles. The van der Waals surface area contributed by atoms with Gasteiger partial charge in [0.25, 0.3) is 5.56 Å². The molecule has 22 nitrogen and oxygen atoms in total. The number of nitrogens with two attached hydrogens (primary N) is 1. The number of fused-ring (bicyclic) bond motifs is 3. The minimum Gasteiger partial charge on any atom is -0.454 e. The number of imidazole rings is 2. The van der Waals surface area contributed by atoms with Crippen molar-refractivity contribution in [1.82, 2.24) is 39.0 Å². The molecular formula is C33H45F2N9O13P2S2. The van der Waals surface area contributed by atoms with Crippen molar-refractivity contribution in [2.75, 3.05) is 37.9 Å². The molecule has 2 aliphatic rings. The molecule has 6 rings (SSSR count). The molecule has 0 aliphatic carbocycles. The van der Waals surface area contributed by atoms with Crippen LogP contribution in [0.5, 0.6) is 0 Å². The second kappa shape index (κ2) is 18.6. The van der Waals surface area contributed by atoms with E-state index in [1.54, 1.807) is 41.5 Å². The lowest BCUT2D eigenvalue weighted by atomic mass is 9.98. The average molecular weight is 940 g/mol. The minimum absolute atomic E-state index is 0.00631. The highest BCUT2D eigenvalue weighted by atomic mass is 32.7. The number of nitrogens with one attached hydrogen (secondary N) is 1. The third-order valence-electron chi connectivity index (χ3n) is 9.01. The maximum Gasteiger partial charge on any atom is 0.392 e. The first-order chi connectivity index (χ1) is 28.6. The van der Waals surface area contributed by atoms with Gasteiger partial charge < -0.3 is 34.2 Å². The highest BCUT2D eigenvalue weighted by Crippen LogP contribution is 2.65. The molecule has 28 heteroatoms. The molecule has 0 amide bonds. The Morgan fingerprint density at radius 1 is 0.934 bits per heavy atom. The number of halogens is 2. The lowest BCUT2D eigenvalue weighted by Gasteiger charge is -2.32. The van der Waals surface area contributed by atoms with E-state index in [2.05, 4.69) is 29.9 Å². The predicted molar refractivity (Wildman–Crippen MR) is 215 cm³/mol. The molecule has 6 heterocycles. The van der Waals surface area contributed by atoms with Gasteiger partial charge >= 0.3 is 25.5 Å². The Morgan fingerprint density at radius 3 is 2.21 bits per heavy atom. The third-order valence-corrected chi connectivity index (χ3v) is 15.7. The summed E-state index contributed by atoms with van der Waals surface area (Å²) in [5, 5.41) is 0. The first-order valence-corrected chi connectivity index (χ1v) is 24.7. The van der Waals surface area contributed by atoms with Crippen LogP contribution in [0.15, 0.2) is 30.1 Å². The number of alkyl halides is 2. The summed E-state index contributed by atoms with van der Waals surface area (Å²) in [7, 11) is 1.21. The number of carbonyl (C=O) groups excluding carboxylic acids is 2. The topological polar surface area (TPSA) is 275 Å². The molecule has 3 N–H and O–H groups in total. The Bertz CT molecular complexity index is 2380. The Morgan fingerprint density at radius 2 is 1.57 bits per heavy atom. The summed E-state index contributed by atoms with van der Waals surface area (Å²) >= 11 is 0.760. The van der Waals surface area contributed by atoms with Crippen molar-refractivity contribution in [1.29, 1.82) is 0 Å². The Balaban J connectivity index is 1.39. The van der Waals surface area contributed by atoms with Gasteiger partial charge in [0.1, 0.15) is 48.2 Å². The first kappa shape index (κ1) is 46.9. The summed E-state index contributed by atoms with van der Waals surface area (Å²) in [6, 6.07) is 0. The lowest BCUT2D eigenvalue weighted by molar-refractivity contribution is -0.151. The number of aromatic nitrogens is 8. The van der Waals surface area contributed by atoms with Crippen LogP contribution in [0.1, 0.15) is 60.4 Å². The molecule has 0 saturated carbocycles. The molecule has 336 valence electrons. The van der Waals surface area contributed by atoms with Gasteiger partial charge in [-0.05, 0) is 41.5 Å². The summed E-state index contributed by atoms with van der Waals surface area (Å²) < 4.78 is 111. The summed E-state index contributed by atoms with van der Waals surface area (Å²) in [6.07, 6.45) is -9.01. The van der Waals surface area contributed by atoms with E-state index >= 15 is 8.78 Å². The molecule has 2 fully saturated rings. The van der Waals surface area contributed by atoms with E-state index in [1.807, 2.05) is 0 Å². The van der Waals surface area contributed by atoms with Gasteiger partial charge in [-0.3, -0.25) is 37.1 Å². The number of carbonyl (C=O) groups is 2. The normalized spacial score (nSPS) is 28.7. The molecule has 0 spiro atoms. The number of nitrogens with zero attached hydrogens (tertiary/aromatic N) is 7. The van der Waals surface area contributed by atoms with E-state index in [9.17, 15) is 23.5 Å². The molecular weight excluding hydrogens is 894 g/mol. The minimum atomic E-state index is -4.77. The molecule has 0 aromatic carbocycles. The quantitative estimate of drug-likeness (QED) is 0.117. The molecule has 9 atom stereocenters. The standard InChI is InChI=1S/C33H45F2N9O13P2S2/c1-32(2,3)30(46)51-15-60-58(48)53-9-8-17(34)22(29(50-7)44-13-41-20-24(36)37-11-38-25(20)44)56-59(49,61-16-52-31(47)33(4,5)6)54-10-18-23(57-58)19(35)28(55-18)43-14-42-21-26(43)39-12-40-27(21)45/h11-14,17-19,22-23,28-29H,8-10,15-16H2,1-7H3,(H2,36,37,38)(H,39,40,45)/t17-,18+,19+,22+,23+,28+,29?,58?,59?/m0/s1. The van der Waals surface area contributed by atoms with Gasteiger partial charge in [-0.25, -0.2) is 42.8 Å². The molecule has 0 radical (unpaired) electrons. The second-order valence-corrected chi connectivity index (χ2v) is 23.5. The van der Waals surface area contributed by atoms with Crippen LogP contribution in [0.2, 0.25) is 0 Å². The number of aromatic amines is 1. The van der Waals surface area contributed by atoms with E-state index in [0.717, 1.165) is 23.5 Å². The zero-order chi connectivity index (χ0) is 44.5. The van der Waals surface area contributed by atoms with Crippen LogP contribution in [0.3, 0.4) is 0 Å². The number of methoxy groups -OCH3 is 1. The summed E-state index contributed by atoms with van der Waals surface area (Å²) in [5.41, 5.74) is 3.43. The van der Waals surface area contributed by atoms with E-state index in [-0.39, 0.29) is 28.1 Å². The van der Waals surface area contributed by atoms with Crippen LogP contribution in [0.25, 0.3) is 22.3 Å². The Labute approximate surface area is 354 Å². The average Bonchev–Trinajstić information content (AvgIpc) is 3.90. The first-order valence-electron chi connectivity index (χ1n) is 18.4. The fourth-order valence-electron chi connectivity index (χ4n) is 5.81. The molecule has 3 unspecified atom stereocenters. The van der Waals surface area contributed by atoms with Gasteiger partial charge in [0.05, 0.1) is 43.0 Å². The number of esters is 2. The molecule has 0 bridgehead atoms. The van der Waals surface area contributed by atoms with Crippen molar-refractivity contribution in [2.24, 2.45) is 10.8 Å².